The Morgan fingerprint density at radius 1 is 1.39 bits per heavy atom. The average molecular weight is 241 g/mol. The second-order valence-electron chi connectivity index (χ2n) is 5.43. The molecular weight excluding hydrogens is 222 g/mol. The summed E-state index contributed by atoms with van der Waals surface area (Å²) in [6.45, 7) is 4.43. The highest BCUT2D eigenvalue weighted by atomic mass is 16.2. The summed E-state index contributed by atoms with van der Waals surface area (Å²) in [4.78, 5) is 12.2. The van der Waals surface area contributed by atoms with Crippen molar-refractivity contribution in [1.82, 2.24) is 4.57 Å². The molecule has 0 amide bonds. The second kappa shape index (κ2) is 4.27. The molecule has 1 aromatic heterocycles. The third-order valence-electron chi connectivity index (χ3n) is 4.06. The molecule has 0 N–H and O–H groups in total. The van der Waals surface area contributed by atoms with Gasteiger partial charge in [0.2, 0.25) is 5.91 Å². The van der Waals surface area contributed by atoms with Crippen LogP contribution in [0.1, 0.15) is 49.4 Å². The van der Waals surface area contributed by atoms with E-state index in [0.717, 1.165) is 30.2 Å². The van der Waals surface area contributed by atoms with Crippen LogP contribution in [-0.4, -0.2) is 10.5 Å². The Hall–Kier alpha value is -1.57. The number of aromatic nitrogens is 1. The zero-order valence-corrected chi connectivity index (χ0v) is 11.0. The predicted octanol–water partition coefficient (Wildman–Crippen LogP) is 4.21. The van der Waals surface area contributed by atoms with Crippen LogP contribution in [0.4, 0.5) is 0 Å². The van der Waals surface area contributed by atoms with E-state index in [1.165, 1.54) is 5.56 Å². The molecule has 1 atom stereocenters. The molecule has 2 nitrogen and oxygen atoms in total. The van der Waals surface area contributed by atoms with Crippen molar-refractivity contribution in [1.29, 1.82) is 0 Å². The van der Waals surface area contributed by atoms with Gasteiger partial charge >= 0.3 is 0 Å². The van der Waals surface area contributed by atoms with Crippen molar-refractivity contribution in [3.63, 3.8) is 0 Å². The summed E-state index contributed by atoms with van der Waals surface area (Å²) < 4.78 is 1.85. The van der Waals surface area contributed by atoms with Gasteiger partial charge in [-0.3, -0.25) is 9.36 Å². The van der Waals surface area contributed by atoms with Crippen molar-refractivity contribution in [2.75, 3.05) is 0 Å². The fourth-order valence-electron chi connectivity index (χ4n) is 2.41. The Labute approximate surface area is 108 Å². The molecule has 0 aliphatic heterocycles. The summed E-state index contributed by atoms with van der Waals surface area (Å²) in [7, 11) is 0. The van der Waals surface area contributed by atoms with Crippen molar-refractivity contribution in [3.05, 3.63) is 36.0 Å². The molecule has 1 saturated carbocycles. The van der Waals surface area contributed by atoms with E-state index in [-0.39, 0.29) is 11.8 Å². The lowest BCUT2D eigenvalue weighted by Crippen LogP contribution is -2.11. The van der Waals surface area contributed by atoms with E-state index in [0.29, 0.717) is 5.92 Å². The van der Waals surface area contributed by atoms with Crippen molar-refractivity contribution in [3.8, 4) is 0 Å². The smallest absolute Gasteiger partial charge is 0.234 e. The molecule has 3 rings (SSSR count). The maximum atomic E-state index is 12.2. The number of carbonyl (C=O) groups excluding carboxylic acids is 1. The van der Waals surface area contributed by atoms with Gasteiger partial charge in [0.15, 0.2) is 0 Å². The molecule has 0 spiro atoms. The van der Waals surface area contributed by atoms with Crippen LogP contribution in [0.3, 0.4) is 0 Å². The lowest BCUT2D eigenvalue weighted by molar-refractivity contribution is 0.0891. The Kier molecular flexibility index (Phi) is 2.73. The first-order chi connectivity index (χ1) is 8.70. The van der Waals surface area contributed by atoms with E-state index in [2.05, 4.69) is 32.0 Å². The first-order valence-corrected chi connectivity index (χ1v) is 6.86. The van der Waals surface area contributed by atoms with Crippen LogP contribution in [0, 0.1) is 5.92 Å². The SMILES string of the molecule is CCC(C)c1ccc2ccn(C(=O)C3CC3)c2c1. The third-order valence-corrected chi connectivity index (χ3v) is 4.06. The van der Waals surface area contributed by atoms with Crippen molar-refractivity contribution >= 4 is 16.8 Å². The second-order valence-corrected chi connectivity index (χ2v) is 5.43. The molecular formula is C16H19NO. The van der Waals surface area contributed by atoms with Gasteiger partial charge in [-0.2, -0.15) is 0 Å². The average Bonchev–Trinajstić information content (AvgIpc) is 3.16. The summed E-state index contributed by atoms with van der Waals surface area (Å²) >= 11 is 0. The Balaban J connectivity index is 2.07. The van der Waals surface area contributed by atoms with Gasteiger partial charge in [0.05, 0.1) is 5.52 Å². The number of hydrogen-bond acceptors (Lipinski definition) is 1. The van der Waals surface area contributed by atoms with Crippen molar-refractivity contribution in [2.24, 2.45) is 5.92 Å². The summed E-state index contributed by atoms with van der Waals surface area (Å²) in [5.74, 6) is 1.09. The van der Waals surface area contributed by atoms with Crippen molar-refractivity contribution in [2.45, 2.75) is 39.0 Å². The lowest BCUT2D eigenvalue weighted by Gasteiger charge is -2.10. The Morgan fingerprint density at radius 2 is 2.17 bits per heavy atom. The van der Waals surface area contributed by atoms with E-state index in [9.17, 15) is 4.79 Å². The van der Waals surface area contributed by atoms with Crippen LogP contribution < -0.4 is 0 Å². The molecule has 1 heterocycles. The highest BCUT2D eigenvalue weighted by Crippen LogP contribution is 2.32. The third kappa shape index (κ3) is 1.86. The monoisotopic (exact) mass is 241 g/mol. The fourth-order valence-corrected chi connectivity index (χ4v) is 2.41. The van der Waals surface area contributed by atoms with E-state index >= 15 is 0 Å². The zero-order chi connectivity index (χ0) is 12.7. The van der Waals surface area contributed by atoms with Gasteiger partial charge < -0.3 is 0 Å². The highest BCUT2D eigenvalue weighted by Gasteiger charge is 2.31. The summed E-state index contributed by atoms with van der Waals surface area (Å²) in [5, 5.41) is 1.16. The maximum Gasteiger partial charge on any atom is 0.234 e. The first-order valence-electron chi connectivity index (χ1n) is 6.86. The molecule has 94 valence electrons. The van der Waals surface area contributed by atoms with Gasteiger partial charge in [-0.05, 0) is 42.9 Å². The van der Waals surface area contributed by atoms with E-state index in [1.54, 1.807) is 0 Å². The topological polar surface area (TPSA) is 22.0 Å². The molecule has 2 heteroatoms. The minimum Gasteiger partial charge on any atom is -0.287 e. The number of rotatable bonds is 3. The molecule has 1 aliphatic carbocycles. The summed E-state index contributed by atoms with van der Waals surface area (Å²) in [6.07, 6.45) is 5.17. The molecule has 0 radical (unpaired) electrons. The van der Waals surface area contributed by atoms with Gasteiger partial charge in [-0.25, -0.2) is 0 Å². The van der Waals surface area contributed by atoms with Crippen LogP contribution in [0.15, 0.2) is 30.5 Å². The molecule has 1 aliphatic rings. The van der Waals surface area contributed by atoms with Crippen LogP contribution in [0.2, 0.25) is 0 Å². The van der Waals surface area contributed by atoms with E-state index < -0.39 is 0 Å². The molecule has 1 unspecified atom stereocenters. The largest absolute Gasteiger partial charge is 0.287 e. The number of nitrogens with zero attached hydrogens (tertiary/aromatic N) is 1. The summed E-state index contributed by atoms with van der Waals surface area (Å²) in [5.41, 5.74) is 2.40. The van der Waals surface area contributed by atoms with Crippen LogP contribution in [-0.2, 0) is 0 Å². The number of fused-ring (bicyclic) bond motifs is 1. The summed E-state index contributed by atoms with van der Waals surface area (Å²) in [6, 6.07) is 8.54. The zero-order valence-electron chi connectivity index (χ0n) is 11.0. The molecule has 18 heavy (non-hydrogen) atoms. The lowest BCUT2D eigenvalue weighted by atomic mass is 9.98. The van der Waals surface area contributed by atoms with E-state index in [4.69, 9.17) is 0 Å². The first kappa shape index (κ1) is 11.5. The van der Waals surface area contributed by atoms with Crippen LogP contribution in [0.25, 0.3) is 10.9 Å². The standard InChI is InChI=1S/C16H19NO/c1-3-11(2)14-7-4-12-8-9-17(15(12)10-14)16(18)13-5-6-13/h4,7-11,13H,3,5-6H2,1-2H3. The molecule has 1 aromatic carbocycles. The van der Waals surface area contributed by atoms with Gasteiger partial charge in [0, 0.05) is 17.5 Å². The van der Waals surface area contributed by atoms with Gasteiger partial charge in [-0.15, -0.1) is 0 Å². The Bertz CT molecular complexity index is 592. The van der Waals surface area contributed by atoms with E-state index in [1.807, 2.05) is 16.8 Å². The molecule has 2 aromatic rings. The van der Waals surface area contributed by atoms with Crippen LogP contribution in [0.5, 0.6) is 0 Å². The normalized spacial score (nSPS) is 17.0. The van der Waals surface area contributed by atoms with Gasteiger partial charge in [0.25, 0.3) is 0 Å². The highest BCUT2D eigenvalue weighted by molar-refractivity contribution is 5.94. The quantitative estimate of drug-likeness (QED) is 0.789. The number of benzene rings is 1. The van der Waals surface area contributed by atoms with Gasteiger partial charge in [-0.1, -0.05) is 26.0 Å². The van der Waals surface area contributed by atoms with Crippen LogP contribution >= 0.6 is 0 Å². The van der Waals surface area contributed by atoms with Gasteiger partial charge in [0.1, 0.15) is 0 Å². The Morgan fingerprint density at radius 3 is 2.83 bits per heavy atom. The fraction of sp³-hybridized carbons (Fsp3) is 0.438. The number of hydrogen-bond donors (Lipinski definition) is 0. The predicted molar refractivity (Wildman–Crippen MR) is 74.0 cm³/mol. The molecule has 0 saturated heterocycles. The minimum absolute atomic E-state index is 0.270. The van der Waals surface area contributed by atoms with Crippen molar-refractivity contribution < 1.29 is 4.79 Å². The maximum absolute atomic E-state index is 12.2. The number of carbonyl (C=O) groups is 1. The minimum atomic E-state index is 0.270. The molecule has 1 fully saturated rings. The molecule has 0 bridgehead atoms.